The lowest BCUT2D eigenvalue weighted by molar-refractivity contribution is -0.117. The van der Waals surface area contributed by atoms with Crippen molar-refractivity contribution in [3.63, 3.8) is 0 Å². The molecule has 0 aromatic heterocycles. The molecule has 2 N–H and O–H groups in total. The number of amides is 1. The van der Waals surface area contributed by atoms with E-state index in [4.69, 9.17) is 0 Å². The number of benzene rings is 3. The topological polar surface area (TPSA) is 41.1 Å². The van der Waals surface area contributed by atoms with Crippen molar-refractivity contribution in [1.29, 1.82) is 0 Å². The van der Waals surface area contributed by atoms with Gasteiger partial charge in [0.2, 0.25) is 0 Å². The molecule has 0 saturated carbocycles. The number of halogens is 1. The van der Waals surface area contributed by atoms with Gasteiger partial charge in [0.1, 0.15) is 11.9 Å². The molecule has 0 fully saturated rings. The van der Waals surface area contributed by atoms with E-state index < -0.39 is 6.04 Å². The molecule has 0 radical (unpaired) electrons. The standard InChI is InChI=1S/C22H21FN2O/c1-15-11-12-16(2)20(13-15)25-22(26)21(17-7-4-3-5-8-17)24-19-10-6-9-18(23)14-19/h3-14,21,24H,1-2H3,(H,25,26)/t21-/m1/s1. The molecule has 0 bridgehead atoms. The van der Waals surface area contributed by atoms with Crippen LogP contribution in [-0.4, -0.2) is 5.91 Å². The van der Waals surface area contributed by atoms with Crippen LogP contribution in [0.25, 0.3) is 0 Å². The number of aryl methyl sites for hydroxylation is 2. The molecule has 4 heteroatoms. The van der Waals surface area contributed by atoms with Crippen LogP contribution in [0.2, 0.25) is 0 Å². The Kier molecular flexibility index (Phi) is 5.32. The van der Waals surface area contributed by atoms with Crippen LogP contribution in [0.4, 0.5) is 15.8 Å². The van der Waals surface area contributed by atoms with E-state index in [0.717, 1.165) is 22.4 Å². The van der Waals surface area contributed by atoms with Crippen LogP contribution in [0.15, 0.2) is 72.8 Å². The zero-order valence-corrected chi connectivity index (χ0v) is 14.8. The largest absolute Gasteiger partial charge is 0.370 e. The van der Waals surface area contributed by atoms with Crippen LogP contribution in [0, 0.1) is 19.7 Å². The third-order valence-electron chi connectivity index (χ3n) is 4.18. The molecule has 0 aliphatic heterocycles. The van der Waals surface area contributed by atoms with Gasteiger partial charge in [-0.1, -0.05) is 48.5 Å². The van der Waals surface area contributed by atoms with Crippen molar-refractivity contribution in [3.8, 4) is 0 Å². The lowest BCUT2D eigenvalue weighted by Gasteiger charge is -2.21. The minimum Gasteiger partial charge on any atom is -0.370 e. The average molecular weight is 348 g/mol. The molecule has 1 amide bonds. The van der Waals surface area contributed by atoms with Crippen molar-refractivity contribution in [2.45, 2.75) is 19.9 Å². The van der Waals surface area contributed by atoms with Crippen molar-refractivity contribution in [2.24, 2.45) is 0 Å². The lowest BCUT2D eigenvalue weighted by atomic mass is 10.0. The van der Waals surface area contributed by atoms with Gasteiger partial charge >= 0.3 is 0 Å². The molecule has 3 aromatic rings. The summed E-state index contributed by atoms with van der Waals surface area (Å²) in [5.41, 5.74) is 4.19. The maximum atomic E-state index is 13.5. The van der Waals surface area contributed by atoms with Crippen molar-refractivity contribution in [1.82, 2.24) is 0 Å². The quantitative estimate of drug-likeness (QED) is 0.662. The molecule has 0 saturated heterocycles. The van der Waals surface area contributed by atoms with Crippen molar-refractivity contribution in [3.05, 3.63) is 95.3 Å². The maximum absolute atomic E-state index is 13.5. The van der Waals surface area contributed by atoms with Crippen molar-refractivity contribution >= 4 is 17.3 Å². The fraction of sp³-hybridized carbons (Fsp3) is 0.136. The number of anilines is 2. The molecule has 3 rings (SSSR count). The Morgan fingerprint density at radius 3 is 2.42 bits per heavy atom. The predicted octanol–water partition coefficient (Wildman–Crippen LogP) is 5.23. The zero-order valence-electron chi connectivity index (χ0n) is 14.8. The number of nitrogens with one attached hydrogen (secondary N) is 2. The Bertz CT molecular complexity index is 909. The van der Waals surface area contributed by atoms with E-state index in [9.17, 15) is 9.18 Å². The second kappa shape index (κ2) is 7.83. The predicted molar refractivity (Wildman–Crippen MR) is 104 cm³/mol. The molecule has 132 valence electrons. The van der Waals surface area contributed by atoms with Crippen LogP contribution < -0.4 is 10.6 Å². The van der Waals surface area contributed by atoms with Crippen LogP contribution in [0.3, 0.4) is 0 Å². The fourth-order valence-electron chi connectivity index (χ4n) is 2.77. The molecule has 3 nitrogen and oxygen atoms in total. The van der Waals surface area contributed by atoms with Crippen LogP contribution in [0.5, 0.6) is 0 Å². The average Bonchev–Trinajstić information content (AvgIpc) is 2.63. The van der Waals surface area contributed by atoms with E-state index in [0.29, 0.717) is 5.69 Å². The van der Waals surface area contributed by atoms with E-state index in [1.54, 1.807) is 12.1 Å². The first kappa shape index (κ1) is 17.7. The van der Waals surface area contributed by atoms with E-state index >= 15 is 0 Å². The highest BCUT2D eigenvalue weighted by atomic mass is 19.1. The molecule has 3 aromatic carbocycles. The maximum Gasteiger partial charge on any atom is 0.251 e. The second-order valence-electron chi connectivity index (χ2n) is 6.31. The monoisotopic (exact) mass is 348 g/mol. The molecule has 0 aliphatic rings. The van der Waals surface area contributed by atoms with Gasteiger partial charge in [-0.3, -0.25) is 4.79 Å². The molecule has 0 spiro atoms. The van der Waals surface area contributed by atoms with Gasteiger partial charge in [0.25, 0.3) is 5.91 Å². The number of carbonyl (C=O) groups excluding carboxylic acids is 1. The highest BCUT2D eigenvalue weighted by molar-refractivity contribution is 5.97. The van der Waals surface area contributed by atoms with Gasteiger partial charge in [-0.15, -0.1) is 0 Å². The Morgan fingerprint density at radius 2 is 1.69 bits per heavy atom. The van der Waals surface area contributed by atoms with Gasteiger partial charge in [0.05, 0.1) is 0 Å². The summed E-state index contributed by atoms with van der Waals surface area (Å²) in [7, 11) is 0. The Hall–Kier alpha value is -3.14. The third-order valence-corrected chi connectivity index (χ3v) is 4.18. The highest BCUT2D eigenvalue weighted by Crippen LogP contribution is 2.24. The SMILES string of the molecule is Cc1ccc(C)c(NC(=O)[C@H](Nc2cccc(F)c2)c2ccccc2)c1. The minimum atomic E-state index is -0.641. The van der Waals surface area contributed by atoms with Gasteiger partial charge in [-0.2, -0.15) is 0 Å². The summed E-state index contributed by atoms with van der Waals surface area (Å²) in [5, 5.41) is 6.13. The normalized spacial score (nSPS) is 11.7. The fourth-order valence-corrected chi connectivity index (χ4v) is 2.77. The Balaban J connectivity index is 1.90. The third kappa shape index (κ3) is 4.28. The summed E-state index contributed by atoms with van der Waals surface area (Å²) >= 11 is 0. The van der Waals surface area contributed by atoms with E-state index in [2.05, 4.69) is 10.6 Å². The summed E-state index contributed by atoms with van der Waals surface area (Å²) in [6.45, 7) is 3.93. The highest BCUT2D eigenvalue weighted by Gasteiger charge is 2.21. The number of hydrogen-bond donors (Lipinski definition) is 2. The van der Waals surface area contributed by atoms with Crippen LogP contribution in [0.1, 0.15) is 22.7 Å². The van der Waals surface area contributed by atoms with Gasteiger partial charge in [-0.05, 0) is 54.8 Å². The minimum absolute atomic E-state index is 0.200. The summed E-state index contributed by atoms with van der Waals surface area (Å²) in [4.78, 5) is 13.0. The number of carbonyl (C=O) groups is 1. The molecule has 26 heavy (non-hydrogen) atoms. The number of hydrogen-bond acceptors (Lipinski definition) is 2. The van der Waals surface area contributed by atoms with Gasteiger partial charge in [0, 0.05) is 11.4 Å². The molecule has 0 heterocycles. The molecular formula is C22H21FN2O. The number of rotatable bonds is 5. The van der Waals surface area contributed by atoms with E-state index in [-0.39, 0.29) is 11.7 Å². The smallest absolute Gasteiger partial charge is 0.251 e. The first-order chi connectivity index (χ1) is 12.5. The molecule has 1 atom stereocenters. The second-order valence-corrected chi connectivity index (χ2v) is 6.31. The molecular weight excluding hydrogens is 327 g/mol. The lowest BCUT2D eigenvalue weighted by Crippen LogP contribution is -2.27. The van der Waals surface area contributed by atoms with Crippen molar-refractivity contribution < 1.29 is 9.18 Å². The van der Waals surface area contributed by atoms with Gasteiger partial charge < -0.3 is 10.6 Å². The van der Waals surface area contributed by atoms with E-state index in [1.165, 1.54) is 12.1 Å². The van der Waals surface area contributed by atoms with Gasteiger partial charge in [0.15, 0.2) is 0 Å². The molecule has 0 aliphatic carbocycles. The first-order valence-electron chi connectivity index (χ1n) is 8.48. The zero-order chi connectivity index (χ0) is 18.5. The van der Waals surface area contributed by atoms with Crippen LogP contribution >= 0.6 is 0 Å². The van der Waals surface area contributed by atoms with Gasteiger partial charge in [-0.25, -0.2) is 4.39 Å². The Morgan fingerprint density at radius 1 is 0.923 bits per heavy atom. The van der Waals surface area contributed by atoms with Crippen LogP contribution in [-0.2, 0) is 4.79 Å². The summed E-state index contributed by atoms with van der Waals surface area (Å²) < 4.78 is 13.5. The molecule has 0 unspecified atom stereocenters. The summed E-state index contributed by atoms with van der Waals surface area (Å²) in [5.74, 6) is -0.550. The van der Waals surface area contributed by atoms with E-state index in [1.807, 2.05) is 62.4 Å². The first-order valence-corrected chi connectivity index (χ1v) is 8.48. The Labute approximate surface area is 152 Å². The summed E-state index contributed by atoms with van der Waals surface area (Å²) in [6, 6.07) is 20.8. The summed E-state index contributed by atoms with van der Waals surface area (Å²) in [6.07, 6.45) is 0. The van der Waals surface area contributed by atoms with Crippen molar-refractivity contribution in [2.75, 3.05) is 10.6 Å².